The van der Waals surface area contributed by atoms with E-state index in [0.29, 0.717) is 5.84 Å². The van der Waals surface area contributed by atoms with Gasteiger partial charge in [0, 0.05) is 31.4 Å². The van der Waals surface area contributed by atoms with Crippen LogP contribution in [0.25, 0.3) is 0 Å². The molecule has 1 atom stereocenters. The zero-order chi connectivity index (χ0) is 11.4. The number of rotatable bonds is 3. The number of aromatic nitrogens is 1. The third-order valence-electron chi connectivity index (χ3n) is 3.10. The molecule has 0 saturated carbocycles. The Hall–Kier alpha value is -1.42. The Balaban J connectivity index is 1.93. The number of nitrogens with one attached hydrogen (secondary N) is 1. The molecule has 1 aliphatic heterocycles. The highest BCUT2D eigenvalue weighted by Gasteiger charge is 2.21. The van der Waals surface area contributed by atoms with Crippen molar-refractivity contribution in [2.45, 2.75) is 19.4 Å². The van der Waals surface area contributed by atoms with Crippen molar-refractivity contribution >= 4 is 5.84 Å². The van der Waals surface area contributed by atoms with Crippen molar-refractivity contribution in [2.75, 3.05) is 13.1 Å². The van der Waals surface area contributed by atoms with Crippen molar-refractivity contribution in [3.63, 3.8) is 0 Å². The van der Waals surface area contributed by atoms with Crippen LogP contribution in [0.5, 0.6) is 0 Å². The van der Waals surface area contributed by atoms with Gasteiger partial charge in [0.25, 0.3) is 0 Å². The Morgan fingerprint density at radius 3 is 2.94 bits per heavy atom. The molecule has 0 amide bonds. The number of pyridine rings is 1. The average molecular weight is 218 g/mol. The van der Waals surface area contributed by atoms with Crippen LogP contribution in [-0.2, 0) is 6.54 Å². The molecule has 1 aromatic rings. The number of nitrogens with two attached hydrogens (primary N) is 1. The maximum absolute atomic E-state index is 7.50. The topological polar surface area (TPSA) is 66.0 Å². The van der Waals surface area contributed by atoms with Crippen LogP contribution in [0.4, 0.5) is 0 Å². The summed E-state index contributed by atoms with van der Waals surface area (Å²) in [6, 6.07) is 4.08. The number of hydrogen-bond acceptors (Lipinski definition) is 3. The van der Waals surface area contributed by atoms with Crippen LogP contribution in [-0.4, -0.2) is 28.8 Å². The molecule has 0 aromatic carbocycles. The SMILES string of the molecule is N=C(N)C1CCCN(Cc2ccncc2)C1. The van der Waals surface area contributed by atoms with E-state index < -0.39 is 0 Å². The number of likely N-dealkylation sites (tertiary alicyclic amines) is 1. The van der Waals surface area contributed by atoms with Crippen LogP contribution >= 0.6 is 0 Å². The zero-order valence-electron chi connectivity index (χ0n) is 9.39. The van der Waals surface area contributed by atoms with E-state index in [1.165, 1.54) is 5.56 Å². The van der Waals surface area contributed by atoms with Crippen LogP contribution in [0.2, 0.25) is 0 Å². The largest absolute Gasteiger partial charge is 0.387 e. The summed E-state index contributed by atoms with van der Waals surface area (Å²) in [6.45, 7) is 2.95. The third kappa shape index (κ3) is 2.79. The second-order valence-electron chi connectivity index (χ2n) is 4.39. The maximum atomic E-state index is 7.50. The smallest absolute Gasteiger partial charge is 0.0949 e. The van der Waals surface area contributed by atoms with Crippen LogP contribution in [0, 0.1) is 11.3 Å². The van der Waals surface area contributed by atoms with E-state index in [-0.39, 0.29) is 5.92 Å². The number of amidine groups is 1. The first-order chi connectivity index (χ1) is 7.75. The Morgan fingerprint density at radius 2 is 2.25 bits per heavy atom. The van der Waals surface area contributed by atoms with Gasteiger partial charge in [0.1, 0.15) is 0 Å². The second-order valence-corrected chi connectivity index (χ2v) is 4.39. The summed E-state index contributed by atoms with van der Waals surface area (Å²) in [7, 11) is 0. The second kappa shape index (κ2) is 5.07. The first-order valence-corrected chi connectivity index (χ1v) is 5.71. The van der Waals surface area contributed by atoms with Crippen LogP contribution in [0.3, 0.4) is 0 Å². The lowest BCUT2D eigenvalue weighted by atomic mass is 9.97. The molecule has 1 aliphatic rings. The fourth-order valence-electron chi connectivity index (χ4n) is 2.20. The van der Waals surface area contributed by atoms with Gasteiger partial charge in [0.15, 0.2) is 0 Å². The molecule has 1 fully saturated rings. The molecular formula is C12H18N4. The summed E-state index contributed by atoms with van der Waals surface area (Å²) in [5.41, 5.74) is 6.85. The zero-order valence-corrected chi connectivity index (χ0v) is 9.39. The minimum absolute atomic E-state index is 0.246. The van der Waals surface area contributed by atoms with Crippen molar-refractivity contribution in [1.82, 2.24) is 9.88 Å². The van der Waals surface area contributed by atoms with Gasteiger partial charge in [-0.05, 0) is 37.1 Å². The van der Waals surface area contributed by atoms with Gasteiger partial charge in [-0.25, -0.2) is 0 Å². The number of piperidine rings is 1. The Bertz CT molecular complexity index is 349. The van der Waals surface area contributed by atoms with Crippen molar-refractivity contribution < 1.29 is 0 Å². The van der Waals surface area contributed by atoms with Crippen molar-refractivity contribution in [3.05, 3.63) is 30.1 Å². The highest BCUT2D eigenvalue weighted by molar-refractivity contribution is 5.79. The van der Waals surface area contributed by atoms with E-state index in [1.807, 2.05) is 24.5 Å². The maximum Gasteiger partial charge on any atom is 0.0949 e. The van der Waals surface area contributed by atoms with Gasteiger partial charge in [-0.3, -0.25) is 15.3 Å². The predicted molar refractivity (Wildman–Crippen MR) is 64.2 cm³/mol. The summed E-state index contributed by atoms with van der Waals surface area (Å²) in [5, 5.41) is 7.50. The fourth-order valence-corrected chi connectivity index (χ4v) is 2.20. The van der Waals surface area contributed by atoms with Crippen LogP contribution in [0.1, 0.15) is 18.4 Å². The molecular weight excluding hydrogens is 200 g/mol. The molecule has 0 spiro atoms. The summed E-state index contributed by atoms with van der Waals surface area (Å²) in [4.78, 5) is 6.37. The van der Waals surface area contributed by atoms with E-state index >= 15 is 0 Å². The molecule has 86 valence electrons. The van der Waals surface area contributed by atoms with E-state index in [9.17, 15) is 0 Å². The lowest BCUT2D eigenvalue weighted by Crippen LogP contribution is -2.40. The normalized spacial score (nSPS) is 21.9. The average Bonchev–Trinajstić information content (AvgIpc) is 2.30. The highest BCUT2D eigenvalue weighted by atomic mass is 15.1. The molecule has 4 nitrogen and oxygen atoms in total. The quantitative estimate of drug-likeness (QED) is 0.592. The van der Waals surface area contributed by atoms with Crippen molar-refractivity contribution in [2.24, 2.45) is 11.7 Å². The molecule has 1 saturated heterocycles. The van der Waals surface area contributed by atoms with Crippen molar-refractivity contribution in [3.8, 4) is 0 Å². The third-order valence-corrected chi connectivity index (χ3v) is 3.10. The molecule has 3 N–H and O–H groups in total. The predicted octanol–water partition coefficient (Wildman–Crippen LogP) is 1.23. The lowest BCUT2D eigenvalue weighted by Gasteiger charge is -2.32. The fraction of sp³-hybridized carbons (Fsp3) is 0.500. The van der Waals surface area contributed by atoms with Gasteiger partial charge in [0.2, 0.25) is 0 Å². The van der Waals surface area contributed by atoms with Gasteiger partial charge < -0.3 is 5.73 Å². The van der Waals surface area contributed by atoms with Gasteiger partial charge in [-0.15, -0.1) is 0 Å². The highest BCUT2D eigenvalue weighted by Crippen LogP contribution is 2.17. The molecule has 2 rings (SSSR count). The van der Waals surface area contributed by atoms with Gasteiger partial charge in [-0.2, -0.15) is 0 Å². The van der Waals surface area contributed by atoms with Gasteiger partial charge in [0.05, 0.1) is 5.84 Å². The molecule has 4 heteroatoms. The van der Waals surface area contributed by atoms with Crippen LogP contribution < -0.4 is 5.73 Å². The summed E-state index contributed by atoms with van der Waals surface area (Å²) in [6.07, 6.45) is 5.83. The van der Waals surface area contributed by atoms with E-state index in [0.717, 1.165) is 32.5 Å². The summed E-state index contributed by atoms with van der Waals surface area (Å²) in [5.74, 6) is 0.579. The molecule has 0 radical (unpaired) electrons. The minimum atomic E-state index is 0.246. The lowest BCUT2D eigenvalue weighted by molar-refractivity contribution is 0.196. The van der Waals surface area contributed by atoms with E-state index in [1.54, 1.807) is 0 Å². The molecule has 0 aliphatic carbocycles. The number of nitrogens with zero attached hydrogens (tertiary/aromatic N) is 2. The summed E-state index contributed by atoms with van der Waals surface area (Å²) < 4.78 is 0. The standard InChI is InChI=1S/C12H18N4/c13-12(14)11-2-1-7-16(9-11)8-10-3-5-15-6-4-10/h3-6,11H,1-2,7-9H2,(H3,13,14). The van der Waals surface area contributed by atoms with E-state index in [4.69, 9.17) is 11.1 Å². The van der Waals surface area contributed by atoms with Gasteiger partial charge in [-0.1, -0.05) is 0 Å². The molecule has 1 aromatic heterocycles. The first-order valence-electron chi connectivity index (χ1n) is 5.71. The molecule has 0 bridgehead atoms. The minimum Gasteiger partial charge on any atom is -0.387 e. The molecule has 1 unspecified atom stereocenters. The Labute approximate surface area is 96.0 Å². The first kappa shape index (κ1) is 11.1. The van der Waals surface area contributed by atoms with E-state index in [2.05, 4.69) is 9.88 Å². The summed E-state index contributed by atoms with van der Waals surface area (Å²) >= 11 is 0. The van der Waals surface area contributed by atoms with Crippen LogP contribution in [0.15, 0.2) is 24.5 Å². The van der Waals surface area contributed by atoms with Crippen molar-refractivity contribution in [1.29, 1.82) is 5.41 Å². The Kier molecular flexibility index (Phi) is 3.51. The number of hydrogen-bond donors (Lipinski definition) is 2. The molecule has 2 heterocycles. The van der Waals surface area contributed by atoms with Gasteiger partial charge >= 0.3 is 0 Å². The monoisotopic (exact) mass is 218 g/mol. The molecule has 16 heavy (non-hydrogen) atoms. The Morgan fingerprint density at radius 1 is 1.50 bits per heavy atom.